The normalized spacial score (nSPS) is 15.5. The van der Waals surface area contributed by atoms with Crippen molar-refractivity contribution in [2.24, 2.45) is 5.16 Å². The molecule has 0 bridgehead atoms. The van der Waals surface area contributed by atoms with Crippen LogP contribution >= 0.6 is 0 Å². The van der Waals surface area contributed by atoms with E-state index in [0.717, 1.165) is 35.4 Å². The Kier molecular flexibility index (Phi) is 3.82. The second-order valence-corrected chi connectivity index (χ2v) is 4.14. The van der Waals surface area contributed by atoms with Gasteiger partial charge in [0.05, 0.1) is 18.7 Å². The van der Waals surface area contributed by atoms with E-state index in [-0.39, 0.29) is 5.91 Å². The van der Waals surface area contributed by atoms with Crippen LogP contribution in [0.25, 0.3) is 0 Å². The van der Waals surface area contributed by atoms with Gasteiger partial charge in [-0.2, -0.15) is 0 Å². The molecule has 1 amide bonds. The number of nitrogens with one attached hydrogen (secondary N) is 1. The van der Waals surface area contributed by atoms with Crippen molar-refractivity contribution in [3.8, 4) is 5.75 Å². The lowest BCUT2D eigenvalue weighted by atomic mass is 10.1. The summed E-state index contributed by atoms with van der Waals surface area (Å²) in [6.45, 7) is 0.361. The van der Waals surface area contributed by atoms with Gasteiger partial charge < -0.3 is 15.3 Å². The number of hydrogen-bond donors (Lipinski definition) is 2. The Morgan fingerprint density at radius 1 is 1.50 bits per heavy atom. The van der Waals surface area contributed by atoms with Crippen molar-refractivity contribution in [3.63, 3.8) is 0 Å². The van der Waals surface area contributed by atoms with Gasteiger partial charge in [0, 0.05) is 12.6 Å². The highest BCUT2D eigenvalue weighted by Crippen LogP contribution is 2.26. The molecule has 0 aliphatic heterocycles. The van der Waals surface area contributed by atoms with Crippen LogP contribution in [0.5, 0.6) is 5.75 Å². The van der Waals surface area contributed by atoms with E-state index in [1.807, 2.05) is 18.2 Å². The average molecular weight is 248 g/mol. The predicted molar refractivity (Wildman–Crippen MR) is 67.3 cm³/mol. The lowest BCUT2D eigenvalue weighted by Gasteiger charge is -2.07. The van der Waals surface area contributed by atoms with Crippen molar-refractivity contribution in [1.82, 2.24) is 5.32 Å². The van der Waals surface area contributed by atoms with E-state index in [1.165, 1.54) is 0 Å². The standard InChI is InChI=1S/C13H16N2O3/c1-14-13(16)6-7-18-10-3-4-11-9(8-10)2-5-12(11)15-17/h3-4,8,17H,2,5-7H2,1H3,(H,14,16)/b15-12+. The number of carbonyl (C=O) groups excluding carboxylic acids is 1. The lowest BCUT2D eigenvalue weighted by Crippen LogP contribution is -2.20. The summed E-state index contributed by atoms with van der Waals surface area (Å²) in [4.78, 5) is 11.0. The summed E-state index contributed by atoms with van der Waals surface area (Å²) in [6, 6.07) is 5.67. The molecule has 96 valence electrons. The molecule has 0 saturated carbocycles. The van der Waals surface area contributed by atoms with Gasteiger partial charge >= 0.3 is 0 Å². The molecule has 0 heterocycles. The van der Waals surface area contributed by atoms with Gasteiger partial charge in [0.1, 0.15) is 5.75 Å². The molecule has 0 saturated heterocycles. The van der Waals surface area contributed by atoms with Crippen molar-refractivity contribution in [2.75, 3.05) is 13.7 Å². The van der Waals surface area contributed by atoms with Crippen molar-refractivity contribution in [1.29, 1.82) is 0 Å². The van der Waals surface area contributed by atoms with Crippen molar-refractivity contribution in [3.05, 3.63) is 29.3 Å². The van der Waals surface area contributed by atoms with Crippen LogP contribution in [-0.2, 0) is 11.2 Å². The first-order valence-electron chi connectivity index (χ1n) is 5.92. The van der Waals surface area contributed by atoms with Gasteiger partial charge in [-0.1, -0.05) is 5.16 Å². The molecule has 2 N–H and O–H groups in total. The maximum Gasteiger partial charge on any atom is 0.223 e. The SMILES string of the molecule is CNC(=O)CCOc1ccc2c(c1)CC/C2=N\O. The summed E-state index contributed by atoms with van der Waals surface area (Å²) in [5.74, 6) is 0.711. The Labute approximate surface area is 105 Å². The molecule has 0 atom stereocenters. The molecule has 1 aromatic carbocycles. The summed E-state index contributed by atoms with van der Waals surface area (Å²) in [5.41, 5.74) is 2.83. The highest BCUT2D eigenvalue weighted by Gasteiger charge is 2.18. The molecule has 0 radical (unpaired) electrons. The maximum absolute atomic E-state index is 11.0. The Morgan fingerprint density at radius 2 is 2.33 bits per heavy atom. The third-order valence-electron chi connectivity index (χ3n) is 3.02. The first-order valence-corrected chi connectivity index (χ1v) is 5.92. The fourth-order valence-electron chi connectivity index (χ4n) is 2.03. The summed E-state index contributed by atoms with van der Waals surface area (Å²) < 4.78 is 5.51. The van der Waals surface area contributed by atoms with Gasteiger partial charge in [0.15, 0.2) is 0 Å². The Morgan fingerprint density at radius 3 is 3.06 bits per heavy atom. The van der Waals surface area contributed by atoms with Gasteiger partial charge in [-0.3, -0.25) is 4.79 Å². The third-order valence-corrected chi connectivity index (χ3v) is 3.02. The topological polar surface area (TPSA) is 70.9 Å². The molecule has 0 fully saturated rings. The van der Waals surface area contributed by atoms with Crippen molar-refractivity contribution in [2.45, 2.75) is 19.3 Å². The number of carbonyl (C=O) groups is 1. The molecule has 0 aromatic heterocycles. The number of benzene rings is 1. The highest BCUT2D eigenvalue weighted by molar-refractivity contribution is 6.04. The molecule has 0 spiro atoms. The number of nitrogens with zero attached hydrogens (tertiary/aromatic N) is 1. The predicted octanol–water partition coefficient (Wildman–Crippen LogP) is 1.33. The number of oxime groups is 1. The summed E-state index contributed by atoms with van der Waals surface area (Å²) in [6.07, 6.45) is 1.96. The molecule has 1 aliphatic carbocycles. The Bertz CT molecular complexity index is 483. The highest BCUT2D eigenvalue weighted by atomic mass is 16.5. The minimum atomic E-state index is -0.0362. The van der Waals surface area contributed by atoms with Gasteiger partial charge in [0.25, 0.3) is 0 Å². The number of amides is 1. The van der Waals surface area contributed by atoms with Crippen LogP contribution in [-0.4, -0.2) is 30.5 Å². The zero-order valence-corrected chi connectivity index (χ0v) is 10.3. The van der Waals surface area contributed by atoms with Crippen LogP contribution in [0, 0.1) is 0 Å². The minimum Gasteiger partial charge on any atom is -0.493 e. The van der Waals surface area contributed by atoms with Crippen LogP contribution in [0.3, 0.4) is 0 Å². The van der Waals surface area contributed by atoms with E-state index in [0.29, 0.717) is 13.0 Å². The number of aryl methyl sites for hydroxylation is 1. The molecule has 2 rings (SSSR count). The van der Waals surface area contributed by atoms with Gasteiger partial charge in [-0.25, -0.2) is 0 Å². The number of fused-ring (bicyclic) bond motifs is 1. The zero-order valence-electron chi connectivity index (χ0n) is 10.3. The van der Waals surface area contributed by atoms with Crippen LogP contribution < -0.4 is 10.1 Å². The number of rotatable bonds is 4. The first kappa shape index (κ1) is 12.4. The molecule has 18 heavy (non-hydrogen) atoms. The first-order chi connectivity index (χ1) is 8.74. The van der Waals surface area contributed by atoms with Crippen molar-refractivity contribution >= 4 is 11.6 Å². The summed E-state index contributed by atoms with van der Waals surface area (Å²) >= 11 is 0. The molecular formula is C13H16N2O3. The van der Waals surface area contributed by atoms with Crippen LogP contribution in [0.1, 0.15) is 24.0 Å². The van der Waals surface area contributed by atoms with Gasteiger partial charge in [0.2, 0.25) is 5.91 Å². The minimum absolute atomic E-state index is 0.0362. The smallest absolute Gasteiger partial charge is 0.223 e. The second kappa shape index (κ2) is 5.53. The fraction of sp³-hybridized carbons (Fsp3) is 0.385. The van der Waals surface area contributed by atoms with E-state index in [9.17, 15) is 4.79 Å². The van der Waals surface area contributed by atoms with Crippen LogP contribution in [0.15, 0.2) is 23.4 Å². The Balaban J connectivity index is 1.98. The third kappa shape index (κ3) is 2.61. The molecule has 5 nitrogen and oxygen atoms in total. The van der Waals surface area contributed by atoms with E-state index in [4.69, 9.17) is 9.94 Å². The molecule has 0 unspecified atom stereocenters. The summed E-state index contributed by atoms with van der Waals surface area (Å²) in [5, 5.41) is 14.6. The van der Waals surface area contributed by atoms with E-state index in [2.05, 4.69) is 10.5 Å². The molecule has 5 heteroatoms. The van der Waals surface area contributed by atoms with E-state index < -0.39 is 0 Å². The quantitative estimate of drug-likeness (QED) is 0.623. The lowest BCUT2D eigenvalue weighted by molar-refractivity contribution is -0.121. The molecule has 1 aromatic rings. The molecular weight excluding hydrogens is 232 g/mol. The largest absolute Gasteiger partial charge is 0.493 e. The van der Waals surface area contributed by atoms with E-state index in [1.54, 1.807) is 7.05 Å². The monoisotopic (exact) mass is 248 g/mol. The molecule has 1 aliphatic rings. The maximum atomic E-state index is 11.0. The zero-order chi connectivity index (χ0) is 13.0. The second-order valence-electron chi connectivity index (χ2n) is 4.14. The van der Waals surface area contributed by atoms with Gasteiger partial charge in [-0.15, -0.1) is 0 Å². The Hall–Kier alpha value is -2.04. The van der Waals surface area contributed by atoms with E-state index >= 15 is 0 Å². The van der Waals surface area contributed by atoms with Gasteiger partial charge in [-0.05, 0) is 36.6 Å². The van der Waals surface area contributed by atoms with Crippen LogP contribution in [0.4, 0.5) is 0 Å². The fourth-order valence-corrected chi connectivity index (χ4v) is 2.03. The summed E-state index contributed by atoms with van der Waals surface area (Å²) in [7, 11) is 1.60. The average Bonchev–Trinajstić information content (AvgIpc) is 2.80. The van der Waals surface area contributed by atoms with Crippen LogP contribution in [0.2, 0.25) is 0 Å². The number of hydrogen-bond acceptors (Lipinski definition) is 4. The van der Waals surface area contributed by atoms with Crippen molar-refractivity contribution < 1.29 is 14.7 Å². The number of ether oxygens (including phenoxy) is 1.